The van der Waals surface area contributed by atoms with Gasteiger partial charge >= 0.3 is 6.18 Å². The minimum Gasteiger partial charge on any atom is -0.385 e. The lowest BCUT2D eigenvalue weighted by Gasteiger charge is -2.41. The van der Waals surface area contributed by atoms with Crippen LogP contribution in [0, 0.1) is 5.82 Å². The summed E-state index contributed by atoms with van der Waals surface area (Å²) in [5, 5.41) is 2.43. The number of aromatic nitrogens is 2. The maximum atomic E-state index is 14.6. The molecule has 3 N–H and O–H groups in total. The molecule has 2 heterocycles. The van der Waals surface area contributed by atoms with Crippen molar-refractivity contribution in [1.29, 1.82) is 0 Å². The van der Waals surface area contributed by atoms with Gasteiger partial charge in [-0.1, -0.05) is 0 Å². The van der Waals surface area contributed by atoms with E-state index in [9.17, 15) is 22.4 Å². The number of hydrogen-bond donors (Lipinski definition) is 2. The SMILES string of the molecule is C[C@H]1O[C@@H](C(F)(F)F)[C@@](C)(c2cc(NC(=O)c3ncc(Br)cn3)ccc2F)N=C1N. The van der Waals surface area contributed by atoms with Gasteiger partial charge in [0.05, 0.1) is 4.47 Å². The van der Waals surface area contributed by atoms with Gasteiger partial charge in [-0.3, -0.25) is 9.79 Å². The predicted octanol–water partition coefficient (Wildman–Crippen LogP) is 3.55. The molecular formula is C18H16BrF4N5O2. The van der Waals surface area contributed by atoms with Gasteiger partial charge in [0, 0.05) is 23.6 Å². The Kier molecular flexibility index (Phi) is 5.83. The molecule has 0 fully saturated rings. The summed E-state index contributed by atoms with van der Waals surface area (Å²) >= 11 is 3.13. The van der Waals surface area contributed by atoms with Gasteiger partial charge in [0.2, 0.25) is 5.82 Å². The molecule has 1 aliphatic heterocycles. The van der Waals surface area contributed by atoms with Gasteiger partial charge in [-0.05, 0) is 48.0 Å². The third-order valence-corrected chi connectivity index (χ3v) is 4.93. The lowest BCUT2D eigenvalue weighted by atomic mass is 9.84. The average molecular weight is 490 g/mol. The van der Waals surface area contributed by atoms with E-state index in [-0.39, 0.29) is 17.3 Å². The van der Waals surface area contributed by atoms with Crippen LogP contribution in [-0.2, 0) is 10.3 Å². The molecule has 12 heteroatoms. The van der Waals surface area contributed by atoms with E-state index in [2.05, 4.69) is 36.2 Å². The number of carbonyl (C=O) groups excluding carboxylic acids is 1. The molecule has 0 radical (unpaired) electrons. The van der Waals surface area contributed by atoms with Crippen molar-refractivity contribution in [2.45, 2.75) is 37.8 Å². The highest BCUT2D eigenvalue weighted by atomic mass is 79.9. The van der Waals surface area contributed by atoms with Crippen LogP contribution in [0.4, 0.5) is 23.2 Å². The number of nitrogens with zero attached hydrogens (tertiary/aromatic N) is 3. The molecule has 0 unspecified atom stereocenters. The minimum atomic E-state index is -4.84. The Labute approximate surface area is 176 Å². The first-order valence-corrected chi connectivity index (χ1v) is 9.37. The number of ether oxygens (including phenoxy) is 1. The molecule has 30 heavy (non-hydrogen) atoms. The van der Waals surface area contributed by atoms with Gasteiger partial charge in [-0.15, -0.1) is 0 Å². The average Bonchev–Trinajstić information content (AvgIpc) is 2.65. The fourth-order valence-electron chi connectivity index (χ4n) is 3.03. The Morgan fingerprint density at radius 3 is 2.53 bits per heavy atom. The fourth-order valence-corrected chi connectivity index (χ4v) is 3.23. The molecule has 0 spiro atoms. The van der Waals surface area contributed by atoms with Gasteiger partial charge in [0.25, 0.3) is 5.91 Å². The first kappa shape index (κ1) is 22.1. The Bertz CT molecular complexity index is 999. The predicted molar refractivity (Wildman–Crippen MR) is 103 cm³/mol. The minimum absolute atomic E-state index is 0.0254. The van der Waals surface area contributed by atoms with Crippen molar-refractivity contribution in [2.75, 3.05) is 5.32 Å². The summed E-state index contributed by atoms with van der Waals surface area (Å²) in [6.45, 7) is 2.40. The molecule has 1 aromatic heterocycles. The Hall–Kier alpha value is -2.60. The zero-order chi connectivity index (χ0) is 22.3. The number of amides is 1. The summed E-state index contributed by atoms with van der Waals surface area (Å²) in [6, 6.07) is 3.18. The van der Waals surface area contributed by atoms with E-state index in [4.69, 9.17) is 10.5 Å². The Morgan fingerprint density at radius 1 is 1.30 bits per heavy atom. The topological polar surface area (TPSA) is 102 Å². The normalized spacial score (nSPS) is 24.3. The number of anilines is 1. The van der Waals surface area contributed by atoms with Crippen LogP contribution in [0.1, 0.15) is 30.0 Å². The number of benzene rings is 1. The van der Waals surface area contributed by atoms with E-state index in [1.54, 1.807) is 0 Å². The lowest BCUT2D eigenvalue weighted by Crippen LogP contribution is -2.55. The van der Waals surface area contributed by atoms with Crippen molar-refractivity contribution >= 4 is 33.4 Å². The highest BCUT2D eigenvalue weighted by Gasteiger charge is 2.57. The number of nitrogens with one attached hydrogen (secondary N) is 1. The molecular weight excluding hydrogens is 474 g/mol. The van der Waals surface area contributed by atoms with E-state index in [1.165, 1.54) is 25.4 Å². The van der Waals surface area contributed by atoms with Crippen molar-refractivity contribution in [3.63, 3.8) is 0 Å². The van der Waals surface area contributed by atoms with Crippen LogP contribution in [0.15, 0.2) is 40.1 Å². The molecule has 160 valence electrons. The van der Waals surface area contributed by atoms with Crippen LogP contribution in [0.2, 0.25) is 0 Å². The number of rotatable bonds is 3. The molecule has 0 aliphatic carbocycles. The van der Waals surface area contributed by atoms with Crippen molar-refractivity contribution in [2.24, 2.45) is 10.7 Å². The summed E-state index contributed by atoms with van der Waals surface area (Å²) in [6.07, 6.45) is -5.67. The number of carbonyl (C=O) groups is 1. The van der Waals surface area contributed by atoms with E-state index in [0.29, 0.717) is 4.47 Å². The van der Waals surface area contributed by atoms with Crippen LogP contribution >= 0.6 is 15.9 Å². The third-order valence-electron chi connectivity index (χ3n) is 4.52. The number of aliphatic imine (C=N–C) groups is 1. The van der Waals surface area contributed by atoms with E-state index >= 15 is 0 Å². The van der Waals surface area contributed by atoms with Crippen LogP contribution in [0.5, 0.6) is 0 Å². The van der Waals surface area contributed by atoms with Crippen LogP contribution < -0.4 is 11.1 Å². The number of amidine groups is 1. The van der Waals surface area contributed by atoms with Crippen molar-refractivity contribution in [3.8, 4) is 0 Å². The van der Waals surface area contributed by atoms with Crippen LogP contribution in [-0.4, -0.2) is 40.1 Å². The second-order valence-electron chi connectivity index (χ2n) is 6.76. The second kappa shape index (κ2) is 7.91. The van der Waals surface area contributed by atoms with Gasteiger partial charge in [0.1, 0.15) is 23.3 Å². The molecule has 3 atom stereocenters. The maximum absolute atomic E-state index is 14.6. The van der Waals surface area contributed by atoms with Gasteiger partial charge in [-0.2, -0.15) is 13.2 Å². The molecule has 7 nitrogen and oxygen atoms in total. The standard InChI is InChI=1S/C18H16BrF4N5O2/c1-8-13(24)28-17(2,16(30-8)18(21,22)23)11-5-10(3-4-12(11)20)27-15(29)14-25-6-9(19)7-26-14/h3-8,16H,1-2H3,(H2,24,28)(H,27,29)/t8-,16-,17-/m1/s1. The lowest BCUT2D eigenvalue weighted by molar-refractivity contribution is -0.248. The van der Waals surface area contributed by atoms with Crippen molar-refractivity contribution < 1.29 is 27.1 Å². The first-order valence-electron chi connectivity index (χ1n) is 8.58. The third kappa shape index (κ3) is 4.29. The maximum Gasteiger partial charge on any atom is 0.417 e. The van der Waals surface area contributed by atoms with Gasteiger partial charge < -0.3 is 15.8 Å². The summed E-state index contributed by atoms with van der Waals surface area (Å²) in [5.74, 6) is -2.07. The summed E-state index contributed by atoms with van der Waals surface area (Å²) in [5.41, 5.74) is 3.09. The summed E-state index contributed by atoms with van der Waals surface area (Å²) < 4.78 is 61.2. The van der Waals surface area contributed by atoms with Crippen molar-refractivity contribution in [1.82, 2.24) is 9.97 Å². The van der Waals surface area contributed by atoms with Gasteiger partial charge in [-0.25, -0.2) is 14.4 Å². The van der Waals surface area contributed by atoms with E-state index < -0.39 is 41.2 Å². The summed E-state index contributed by atoms with van der Waals surface area (Å²) in [4.78, 5) is 23.9. The Balaban J connectivity index is 2.01. The largest absolute Gasteiger partial charge is 0.417 e. The monoisotopic (exact) mass is 489 g/mol. The molecule has 3 rings (SSSR count). The van der Waals surface area contributed by atoms with E-state index in [1.807, 2.05) is 0 Å². The highest BCUT2D eigenvalue weighted by molar-refractivity contribution is 9.10. The number of alkyl halides is 3. The van der Waals surface area contributed by atoms with Crippen LogP contribution in [0.25, 0.3) is 0 Å². The smallest absolute Gasteiger partial charge is 0.385 e. The second-order valence-corrected chi connectivity index (χ2v) is 7.67. The summed E-state index contributed by atoms with van der Waals surface area (Å²) in [7, 11) is 0. The number of halogens is 5. The molecule has 1 aliphatic rings. The molecule has 2 aromatic rings. The first-order chi connectivity index (χ1) is 13.9. The van der Waals surface area contributed by atoms with Crippen molar-refractivity contribution in [3.05, 3.63) is 52.3 Å². The molecule has 1 aromatic carbocycles. The Morgan fingerprint density at radius 2 is 1.93 bits per heavy atom. The molecule has 0 bridgehead atoms. The zero-order valence-electron chi connectivity index (χ0n) is 15.7. The highest BCUT2D eigenvalue weighted by Crippen LogP contribution is 2.44. The van der Waals surface area contributed by atoms with E-state index in [0.717, 1.165) is 19.1 Å². The quantitative estimate of drug-likeness (QED) is 0.641. The fraction of sp³-hybridized carbons (Fsp3) is 0.333. The zero-order valence-corrected chi connectivity index (χ0v) is 17.3. The number of nitrogens with two attached hydrogens (primary N) is 1. The molecule has 0 saturated carbocycles. The van der Waals surface area contributed by atoms with Crippen LogP contribution in [0.3, 0.4) is 0 Å². The molecule has 1 amide bonds. The van der Waals surface area contributed by atoms with Gasteiger partial charge in [0.15, 0.2) is 6.10 Å². The number of hydrogen-bond acceptors (Lipinski definition) is 6. The molecule has 0 saturated heterocycles.